The van der Waals surface area contributed by atoms with Gasteiger partial charge in [0.05, 0.1) is 17.6 Å². The van der Waals surface area contributed by atoms with Crippen molar-refractivity contribution < 1.29 is 9.21 Å². The summed E-state index contributed by atoms with van der Waals surface area (Å²) in [5.74, 6) is 2.78. The Morgan fingerprint density at radius 2 is 2.33 bits per heavy atom. The van der Waals surface area contributed by atoms with Crippen molar-refractivity contribution in [2.24, 2.45) is 0 Å². The maximum absolute atomic E-state index is 12.0. The van der Waals surface area contributed by atoms with Crippen LogP contribution in [-0.4, -0.2) is 30.8 Å². The number of carbonyl (C=O) groups is 1. The van der Waals surface area contributed by atoms with Crippen LogP contribution < -0.4 is 0 Å². The van der Waals surface area contributed by atoms with Crippen LogP contribution in [0.15, 0.2) is 33.2 Å². The van der Waals surface area contributed by atoms with Gasteiger partial charge in [0.2, 0.25) is 5.78 Å². The van der Waals surface area contributed by atoms with E-state index < -0.39 is 0 Å². The Balaban J connectivity index is 2.24. The number of halogens is 1. The standard InChI is InChI=1S/C14H12BrNO2/c1-3-7-16(2)9-12(17)13-8-10-5-4-6-11(15)14(10)18-13/h1,4-6,8H,7,9H2,2H3. The Kier molecular flexibility index (Phi) is 3.85. The van der Waals surface area contributed by atoms with Gasteiger partial charge in [-0.1, -0.05) is 18.1 Å². The Hall–Kier alpha value is -1.57. The number of Topliss-reactive ketones (excluding diaryl/α,β-unsaturated/α-hetero) is 1. The lowest BCUT2D eigenvalue weighted by atomic mass is 10.2. The smallest absolute Gasteiger partial charge is 0.211 e. The third-order valence-electron chi connectivity index (χ3n) is 2.55. The SMILES string of the molecule is C#CCN(C)CC(=O)c1cc2cccc(Br)c2o1. The van der Waals surface area contributed by atoms with Gasteiger partial charge in [-0.2, -0.15) is 0 Å². The molecule has 0 aliphatic carbocycles. The highest BCUT2D eigenvalue weighted by Gasteiger charge is 2.15. The molecule has 0 aliphatic rings. The number of likely N-dealkylation sites (N-methyl/N-ethyl adjacent to an activating group) is 1. The van der Waals surface area contributed by atoms with Crippen molar-refractivity contribution in [1.82, 2.24) is 4.90 Å². The van der Waals surface area contributed by atoms with Crippen molar-refractivity contribution in [1.29, 1.82) is 0 Å². The van der Waals surface area contributed by atoms with Gasteiger partial charge in [-0.25, -0.2) is 0 Å². The van der Waals surface area contributed by atoms with Gasteiger partial charge in [0.1, 0.15) is 5.58 Å². The van der Waals surface area contributed by atoms with Gasteiger partial charge in [0.25, 0.3) is 0 Å². The van der Waals surface area contributed by atoms with Crippen LogP contribution in [0.2, 0.25) is 0 Å². The van der Waals surface area contributed by atoms with Crippen LogP contribution in [0.3, 0.4) is 0 Å². The number of nitrogens with zero attached hydrogens (tertiary/aromatic N) is 1. The molecule has 0 spiro atoms. The normalized spacial score (nSPS) is 10.8. The summed E-state index contributed by atoms with van der Waals surface area (Å²) in [7, 11) is 1.80. The summed E-state index contributed by atoms with van der Waals surface area (Å²) in [6.07, 6.45) is 5.19. The molecule has 3 nitrogen and oxygen atoms in total. The van der Waals surface area contributed by atoms with Gasteiger partial charge in [-0.15, -0.1) is 6.42 Å². The second kappa shape index (κ2) is 5.38. The average Bonchev–Trinajstić information content (AvgIpc) is 2.74. The van der Waals surface area contributed by atoms with E-state index in [-0.39, 0.29) is 12.3 Å². The van der Waals surface area contributed by atoms with Crippen LogP contribution >= 0.6 is 15.9 Å². The number of ketones is 1. The van der Waals surface area contributed by atoms with Crippen molar-refractivity contribution in [2.75, 3.05) is 20.1 Å². The van der Waals surface area contributed by atoms with Crippen LogP contribution in [0.1, 0.15) is 10.6 Å². The first-order valence-electron chi connectivity index (χ1n) is 5.45. The highest BCUT2D eigenvalue weighted by atomic mass is 79.9. The number of terminal acetylenes is 1. The first-order chi connectivity index (χ1) is 8.61. The predicted molar refractivity (Wildman–Crippen MR) is 74.6 cm³/mol. The second-order valence-corrected chi connectivity index (χ2v) is 4.92. The quantitative estimate of drug-likeness (QED) is 0.643. The van der Waals surface area contributed by atoms with E-state index >= 15 is 0 Å². The minimum absolute atomic E-state index is 0.0733. The fraction of sp³-hybridized carbons (Fsp3) is 0.214. The second-order valence-electron chi connectivity index (χ2n) is 4.07. The molecule has 0 radical (unpaired) electrons. The van der Waals surface area contributed by atoms with E-state index in [0.717, 1.165) is 9.86 Å². The summed E-state index contributed by atoms with van der Waals surface area (Å²) in [5.41, 5.74) is 0.695. The van der Waals surface area contributed by atoms with E-state index in [1.165, 1.54) is 0 Å². The fourth-order valence-corrected chi connectivity index (χ4v) is 2.16. The molecule has 1 heterocycles. The van der Waals surface area contributed by atoms with E-state index in [4.69, 9.17) is 10.8 Å². The molecule has 92 valence electrons. The molecular formula is C14H12BrNO2. The van der Waals surface area contributed by atoms with E-state index in [1.807, 2.05) is 18.2 Å². The molecule has 1 aromatic heterocycles. The maximum atomic E-state index is 12.0. The Morgan fingerprint density at radius 1 is 1.56 bits per heavy atom. The molecule has 0 unspecified atom stereocenters. The Bertz CT molecular complexity index is 624. The molecule has 0 N–H and O–H groups in total. The number of hydrogen-bond donors (Lipinski definition) is 0. The van der Waals surface area contributed by atoms with Gasteiger partial charge < -0.3 is 4.42 Å². The minimum atomic E-state index is -0.0733. The van der Waals surface area contributed by atoms with Crippen molar-refractivity contribution in [3.05, 3.63) is 34.5 Å². The molecule has 4 heteroatoms. The predicted octanol–water partition coefficient (Wildman–Crippen LogP) is 2.94. The lowest BCUT2D eigenvalue weighted by molar-refractivity contribution is 0.0927. The first kappa shape index (κ1) is 12.9. The topological polar surface area (TPSA) is 33.5 Å². The zero-order valence-electron chi connectivity index (χ0n) is 9.94. The van der Waals surface area contributed by atoms with Crippen molar-refractivity contribution in [3.8, 4) is 12.3 Å². The number of carbonyl (C=O) groups excluding carboxylic acids is 1. The van der Waals surface area contributed by atoms with Crippen molar-refractivity contribution >= 4 is 32.7 Å². The third-order valence-corrected chi connectivity index (χ3v) is 3.17. The van der Waals surface area contributed by atoms with E-state index in [9.17, 15) is 4.79 Å². The Morgan fingerprint density at radius 3 is 3.00 bits per heavy atom. The molecule has 0 saturated heterocycles. The molecule has 0 saturated carbocycles. The summed E-state index contributed by atoms with van der Waals surface area (Å²) >= 11 is 3.39. The van der Waals surface area contributed by atoms with Crippen molar-refractivity contribution in [3.63, 3.8) is 0 Å². The van der Waals surface area contributed by atoms with Crippen LogP contribution in [0.5, 0.6) is 0 Å². The minimum Gasteiger partial charge on any atom is -0.452 e. The van der Waals surface area contributed by atoms with Gasteiger partial charge in [-0.3, -0.25) is 9.69 Å². The number of benzene rings is 1. The summed E-state index contributed by atoms with van der Waals surface area (Å²) in [6, 6.07) is 7.45. The molecule has 0 bridgehead atoms. The Labute approximate surface area is 114 Å². The first-order valence-corrected chi connectivity index (χ1v) is 6.24. The molecular weight excluding hydrogens is 294 g/mol. The summed E-state index contributed by atoms with van der Waals surface area (Å²) in [6.45, 7) is 0.692. The van der Waals surface area contributed by atoms with Gasteiger partial charge in [0.15, 0.2) is 5.76 Å². The van der Waals surface area contributed by atoms with Crippen LogP contribution in [-0.2, 0) is 0 Å². The van der Waals surface area contributed by atoms with Gasteiger partial charge >= 0.3 is 0 Å². The maximum Gasteiger partial charge on any atom is 0.211 e. The summed E-state index contributed by atoms with van der Waals surface area (Å²) in [5, 5.41) is 0.910. The molecule has 2 rings (SSSR count). The number of hydrogen-bond acceptors (Lipinski definition) is 3. The summed E-state index contributed by atoms with van der Waals surface area (Å²) in [4.78, 5) is 13.8. The summed E-state index contributed by atoms with van der Waals surface area (Å²) < 4.78 is 6.41. The lowest BCUT2D eigenvalue weighted by Crippen LogP contribution is -2.26. The molecule has 0 aliphatic heterocycles. The lowest BCUT2D eigenvalue weighted by Gasteiger charge is -2.10. The van der Waals surface area contributed by atoms with Crippen LogP contribution in [0, 0.1) is 12.3 Å². The molecule has 18 heavy (non-hydrogen) atoms. The van der Waals surface area contributed by atoms with Gasteiger partial charge in [-0.05, 0) is 35.1 Å². The highest BCUT2D eigenvalue weighted by Crippen LogP contribution is 2.27. The van der Waals surface area contributed by atoms with E-state index in [1.54, 1.807) is 18.0 Å². The zero-order chi connectivity index (χ0) is 13.1. The van der Waals surface area contributed by atoms with E-state index in [0.29, 0.717) is 17.9 Å². The van der Waals surface area contributed by atoms with Crippen molar-refractivity contribution in [2.45, 2.75) is 0 Å². The fourth-order valence-electron chi connectivity index (χ4n) is 1.70. The molecule has 0 amide bonds. The van der Waals surface area contributed by atoms with Crippen LogP contribution in [0.4, 0.5) is 0 Å². The molecule has 2 aromatic rings. The number of rotatable bonds is 4. The third kappa shape index (κ3) is 2.63. The van der Waals surface area contributed by atoms with Gasteiger partial charge in [0, 0.05) is 5.39 Å². The molecule has 0 fully saturated rings. The molecule has 0 atom stereocenters. The van der Waals surface area contributed by atoms with Crippen LogP contribution in [0.25, 0.3) is 11.0 Å². The number of fused-ring (bicyclic) bond motifs is 1. The van der Waals surface area contributed by atoms with E-state index in [2.05, 4.69) is 21.9 Å². The average molecular weight is 306 g/mol. The molecule has 1 aromatic carbocycles. The zero-order valence-corrected chi connectivity index (χ0v) is 11.5. The number of furan rings is 1. The highest BCUT2D eigenvalue weighted by molar-refractivity contribution is 9.10. The number of para-hydroxylation sites is 1. The monoisotopic (exact) mass is 305 g/mol. The largest absolute Gasteiger partial charge is 0.452 e.